The van der Waals surface area contributed by atoms with Gasteiger partial charge >= 0.3 is 5.97 Å². The van der Waals surface area contributed by atoms with E-state index in [0.29, 0.717) is 38.2 Å². The summed E-state index contributed by atoms with van der Waals surface area (Å²) in [5, 5.41) is 2.74. The summed E-state index contributed by atoms with van der Waals surface area (Å²) in [6, 6.07) is 6.18. The summed E-state index contributed by atoms with van der Waals surface area (Å²) in [5.41, 5.74) is 0.435. The third-order valence-electron chi connectivity index (χ3n) is 4.47. The zero-order chi connectivity index (χ0) is 20.0. The molecular formula is C18H27N3O5S. The topological polar surface area (TPSA) is 96.0 Å². The first-order chi connectivity index (χ1) is 12.7. The van der Waals surface area contributed by atoms with E-state index in [-0.39, 0.29) is 29.2 Å². The molecule has 1 aliphatic heterocycles. The molecule has 8 nitrogen and oxygen atoms in total. The predicted octanol–water partition coefficient (Wildman–Crippen LogP) is 1.15. The second-order valence-corrected chi connectivity index (χ2v) is 8.82. The van der Waals surface area contributed by atoms with E-state index in [4.69, 9.17) is 4.74 Å². The number of hydrogen-bond acceptors (Lipinski definition) is 6. The van der Waals surface area contributed by atoms with Crippen molar-refractivity contribution in [3.05, 3.63) is 24.3 Å². The number of nitrogens with one attached hydrogen (secondary N) is 1. The molecule has 0 atom stereocenters. The summed E-state index contributed by atoms with van der Waals surface area (Å²) in [6.07, 6.45) is 1.34. The van der Waals surface area contributed by atoms with Gasteiger partial charge in [-0.05, 0) is 51.1 Å². The Hall–Kier alpha value is -1.97. The molecule has 1 aromatic rings. The number of likely N-dealkylation sites (tertiary alicyclic amines) is 1. The fraction of sp³-hybridized carbons (Fsp3) is 0.556. The molecule has 150 valence electrons. The van der Waals surface area contributed by atoms with Crippen LogP contribution in [0.1, 0.15) is 19.8 Å². The number of rotatable bonds is 7. The van der Waals surface area contributed by atoms with E-state index in [1.54, 1.807) is 19.1 Å². The summed E-state index contributed by atoms with van der Waals surface area (Å²) >= 11 is 0. The lowest BCUT2D eigenvalue weighted by Gasteiger charge is -2.30. The number of benzene rings is 1. The quantitative estimate of drug-likeness (QED) is 0.694. The summed E-state index contributed by atoms with van der Waals surface area (Å²) in [5.74, 6) is -0.485. The van der Waals surface area contributed by atoms with Crippen molar-refractivity contribution in [3.63, 3.8) is 0 Å². The van der Waals surface area contributed by atoms with Crippen molar-refractivity contribution in [2.24, 2.45) is 5.92 Å². The van der Waals surface area contributed by atoms with Crippen molar-refractivity contribution in [3.8, 4) is 0 Å². The largest absolute Gasteiger partial charge is 0.466 e. The first-order valence-corrected chi connectivity index (χ1v) is 10.4. The van der Waals surface area contributed by atoms with Crippen LogP contribution in [-0.4, -0.2) is 69.8 Å². The van der Waals surface area contributed by atoms with Crippen LogP contribution in [0.4, 0.5) is 5.69 Å². The average Bonchev–Trinajstić information content (AvgIpc) is 2.62. The molecule has 1 amide bonds. The zero-order valence-electron chi connectivity index (χ0n) is 16.0. The van der Waals surface area contributed by atoms with Gasteiger partial charge in [-0.2, -0.15) is 0 Å². The normalized spacial score (nSPS) is 16.3. The van der Waals surface area contributed by atoms with Gasteiger partial charge in [-0.3, -0.25) is 14.5 Å². The highest BCUT2D eigenvalue weighted by Gasteiger charge is 2.26. The number of carbonyl (C=O) groups is 2. The maximum absolute atomic E-state index is 12.3. The number of amides is 1. The molecular weight excluding hydrogens is 370 g/mol. The van der Waals surface area contributed by atoms with Gasteiger partial charge in [-0.15, -0.1) is 0 Å². The van der Waals surface area contributed by atoms with Crippen LogP contribution < -0.4 is 5.32 Å². The molecule has 0 spiro atoms. The summed E-state index contributed by atoms with van der Waals surface area (Å²) in [4.78, 5) is 26.1. The molecule has 0 aliphatic carbocycles. The Balaban J connectivity index is 1.89. The molecule has 2 rings (SSSR count). The highest BCUT2D eigenvalue weighted by molar-refractivity contribution is 7.89. The molecule has 1 aliphatic rings. The van der Waals surface area contributed by atoms with Gasteiger partial charge in [0.05, 0.1) is 24.0 Å². The van der Waals surface area contributed by atoms with Crippen molar-refractivity contribution in [1.82, 2.24) is 9.21 Å². The van der Waals surface area contributed by atoms with Crippen LogP contribution in [0.15, 0.2) is 29.2 Å². The molecule has 9 heteroatoms. The number of carbonyl (C=O) groups excluding carboxylic acids is 2. The van der Waals surface area contributed by atoms with Crippen molar-refractivity contribution in [2.75, 3.05) is 45.7 Å². The first-order valence-electron chi connectivity index (χ1n) is 8.95. The molecule has 1 heterocycles. The molecule has 0 aromatic heterocycles. The van der Waals surface area contributed by atoms with E-state index in [9.17, 15) is 18.0 Å². The Labute approximate surface area is 160 Å². The molecule has 1 fully saturated rings. The van der Waals surface area contributed by atoms with Gasteiger partial charge in [0.2, 0.25) is 15.9 Å². The summed E-state index contributed by atoms with van der Waals surface area (Å²) in [6.45, 7) is 3.65. The minimum Gasteiger partial charge on any atom is -0.466 e. The van der Waals surface area contributed by atoms with Crippen molar-refractivity contribution >= 4 is 27.6 Å². The van der Waals surface area contributed by atoms with Gasteiger partial charge in [0.15, 0.2) is 0 Å². The fourth-order valence-corrected chi connectivity index (χ4v) is 3.88. The van der Waals surface area contributed by atoms with Gasteiger partial charge in [-0.25, -0.2) is 12.7 Å². The van der Waals surface area contributed by atoms with Crippen LogP contribution in [0.3, 0.4) is 0 Å². The van der Waals surface area contributed by atoms with Crippen LogP contribution in [0, 0.1) is 5.92 Å². The number of piperidine rings is 1. The SMILES string of the molecule is CCOC(=O)C1CCN(CC(=O)Nc2cccc(S(=O)(=O)N(C)C)c2)CC1. The van der Waals surface area contributed by atoms with Crippen LogP contribution in [0.25, 0.3) is 0 Å². The van der Waals surface area contributed by atoms with E-state index in [1.165, 1.54) is 26.2 Å². The Morgan fingerprint density at radius 1 is 1.26 bits per heavy atom. The lowest BCUT2D eigenvalue weighted by atomic mass is 9.97. The second kappa shape index (κ2) is 9.29. The molecule has 1 N–H and O–H groups in total. The monoisotopic (exact) mass is 397 g/mol. The number of hydrogen-bond donors (Lipinski definition) is 1. The molecule has 1 aromatic carbocycles. The lowest BCUT2D eigenvalue weighted by Crippen LogP contribution is -2.41. The number of esters is 1. The van der Waals surface area contributed by atoms with Gasteiger partial charge in [0, 0.05) is 19.8 Å². The van der Waals surface area contributed by atoms with Gasteiger partial charge < -0.3 is 10.1 Å². The van der Waals surface area contributed by atoms with Crippen molar-refractivity contribution in [1.29, 1.82) is 0 Å². The van der Waals surface area contributed by atoms with Crippen LogP contribution in [0.5, 0.6) is 0 Å². The van der Waals surface area contributed by atoms with E-state index in [2.05, 4.69) is 5.32 Å². The lowest BCUT2D eigenvalue weighted by molar-refractivity contribution is -0.149. The minimum atomic E-state index is -3.55. The zero-order valence-corrected chi connectivity index (χ0v) is 16.8. The Morgan fingerprint density at radius 3 is 2.52 bits per heavy atom. The van der Waals surface area contributed by atoms with E-state index >= 15 is 0 Å². The van der Waals surface area contributed by atoms with Crippen molar-refractivity contribution in [2.45, 2.75) is 24.7 Å². The molecule has 0 radical (unpaired) electrons. The average molecular weight is 397 g/mol. The minimum absolute atomic E-state index is 0.0998. The van der Waals surface area contributed by atoms with Crippen molar-refractivity contribution < 1.29 is 22.7 Å². The maximum Gasteiger partial charge on any atom is 0.309 e. The molecule has 27 heavy (non-hydrogen) atoms. The number of ether oxygens (including phenoxy) is 1. The first kappa shape index (κ1) is 21.3. The Bertz CT molecular complexity index is 771. The second-order valence-electron chi connectivity index (χ2n) is 6.67. The Kier molecular flexibility index (Phi) is 7.34. The number of nitrogens with zero attached hydrogens (tertiary/aromatic N) is 2. The smallest absolute Gasteiger partial charge is 0.309 e. The van der Waals surface area contributed by atoms with E-state index in [1.807, 2.05) is 4.90 Å². The van der Waals surface area contributed by atoms with Gasteiger partial charge in [0.25, 0.3) is 0 Å². The molecule has 0 bridgehead atoms. The number of anilines is 1. The van der Waals surface area contributed by atoms with E-state index in [0.717, 1.165) is 4.31 Å². The fourth-order valence-electron chi connectivity index (χ4n) is 2.94. The highest BCUT2D eigenvalue weighted by atomic mass is 32.2. The van der Waals surface area contributed by atoms with E-state index < -0.39 is 10.0 Å². The Morgan fingerprint density at radius 2 is 1.93 bits per heavy atom. The van der Waals surface area contributed by atoms with Crippen LogP contribution in [-0.2, 0) is 24.3 Å². The maximum atomic E-state index is 12.3. The molecule has 0 saturated carbocycles. The molecule has 1 saturated heterocycles. The van der Waals surface area contributed by atoms with Crippen LogP contribution >= 0.6 is 0 Å². The standard InChI is InChI=1S/C18H27N3O5S/c1-4-26-18(23)14-8-10-21(11-9-14)13-17(22)19-15-6-5-7-16(12-15)27(24,25)20(2)3/h5-7,12,14H,4,8-11,13H2,1-3H3,(H,19,22). The molecule has 0 unspecified atom stereocenters. The highest BCUT2D eigenvalue weighted by Crippen LogP contribution is 2.20. The third-order valence-corrected chi connectivity index (χ3v) is 6.28. The summed E-state index contributed by atoms with van der Waals surface area (Å²) < 4.78 is 30.5. The third kappa shape index (κ3) is 5.75. The summed E-state index contributed by atoms with van der Waals surface area (Å²) in [7, 11) is -0.636. The van der Waals surface area contributed by atoms with Gasteiger partial charge in [-0.1, -0.05) is 6.07 Å². The van der Waals surface area contributed by atoms with Crippen LogP contribution in [0.2, 0.25) is 0 Å². The number of sulfonamides is 1. The predicted molar refractivity (Wildman–Crippen MR) is 102 cm³/mol. The van der Waals surface area contributed by atoms with Gasteiger partial charge in [0.1, 0.15) is 0 Å².